The van der Waals surface area contributed by atoms with Gasteiger partial charge in [0.1, 0.15) is 5.58 Å². The van der Waals surface area contributed by atoms with E-state index < -0.39 is 0 Å². The predicted octanol–water partition coefficient (Wildman–Crippen LogP) is 9.87. The van der Waals surface area contributed by atoms with Gasteiger partial charge < -0.3 is 8.98 Å². The molecule has 9 rings (SSSR count). The maximum Gasteiger partial charge on any atom is 0.185 e. The van der Waals surface area contributed by atoms with Crippen molar-refractivity contribution in [2.75, 3.05) is 0 Å². The number of allylic oxidation sites excluding steroid dienone is 1. The van der Waals surface area contributed by atoms with Gasteiger partial charge in [0, 0.05) is 54.0 Å². The van der Waals surface area contributed by atoms with E-state index in [1.807, 2.05) is 41.7 Å². The Morgan fingerprint density at radius 2 is 1.72 bits per heavy atom. The molecule has 3 aromatic heterocycles. The average Bonchev–Trinajstić information content (AvgIpc) is 3.73. The van der Waals surface area contributed by atoms with Gasteiger partial charge in [-0.3, -0.25) is 0 Å². The lowest BCUT2D eigenvalue weighted by atomic mass is 9.97. The van der Waals surface area contributed by atoms with Gasteiger partial charge in [-0.15, -0.1) is 11.3 Å². The van der Waals surface area contributed by atoms with E-state index in [4.69, 9.17) is 4.42 Å². The number of thiophene rings is 1. The standard InChI is InChI=1S/C38H19N3OS/c39-20-22-12-16-33-29(18-22)30-19-23(13-17-34(30)42-33)36-24(21-40)6-5-10-32(36)41-31-9-3-1-7-25(31)27-14-15-28-26-8-2-4-11-35(26)43-38(28)37(27)41/h1-2,4-8,10-12,14-16,18-19H,3,9H2. The van der Waals surface area contributed by atoms with Crippen LogP contribution in [0.15, 0.2) is 89.4 Å². The Balaban J connectivity index is 1.40. The van der Waals surface area contributed by atoms with Crippen LogP contribution in [0.25, 0.3) is 75.9 Å². The van der Waals surface area contributed by atoms with E-state index in [9.17, 15) is 10.5 Å². The molecule has 0 N–H and O–H groups in total. The number of benzene rings is 4. The summed E-state index contributed by atoms with van der Waals surface area (Å²) in [5, 5.41) is 25.3. The second kappa shape index (κ2) is 8.85. The highest BCUT2D eigenvalue weighted by Gasteiger charge is 2.25. The van der Waals surface area contributed by atoms with E-state index in [0.29, 0.717) is 22.3 Å². The molecule has 0 saturated heterocycles. The summed E-state index contributed by atoms with van der Waals surface area (Å²) < 4.78 is 10.9. The van der Waals surface area contributed by atoms with Crippen LogP contribution in [-0.2, 0) is 6.42 Å². The first-order valence-corrected chi connectivity index (χ1v) is 14.9. The second-order valence-electron chi connectivity index (χ2n) is 10.9. The SMILES string of the molecule is N#Cc1ccc2oc3c#cc(-c4c(C#N)cccc4-n4c5c(c6ccc7c8ccccc8sc7c64)C=CCC5)cc3c2c1. The Morgan fingerprint density at radius 3 is 2.63 bits per heavy atom. The molecule has 5 heteroatoms. The molecule has 1 aliphatic rings. The number of furan rings is 1. The minimum absolute atomic E-state index is 0.563. The van der Waals surface area contributed by atoms with Crippen molar-refractivity contribution in [1.82, 2.24) is 4.57 Å². The molecular formula is C38H19N3OS. The fourth-order valence-electron chi connectivity index (χ4n) is 6.71. The molecule has 5 aromatic carbocycles. The molecule has 0 saturated carbocycles. The van der Waals surface area contributed by atoms with Crippen molar-refractivity contribution in [2.45, 2.75) is 12.8 Å². The minimum atomic E-state index is 0.563. The van der Waals surface area contributed by atoms with Crippen molar-refractivity contribution < 1.29 is 4.42 Å². The van der Waals surface area contributed by atoms with Gasteiger partial charge in [-0.25, -0.2) is 0 Å². The van der Waals surface area contributed by atoms with E-state index in [0.717, 1.165) is 40.4 Å². The van der Waals surface area contributed by atoms with E-state index in [2.05, 4.69) is 83.5 Å². The smallest absolute Gasteiger partial charge is 0.185 e. The van der Waals surface area contributed by atoms with E-state index in [1.54, 1.807) is 6.07 Å². The zero-order chi connectivity index (χ0) is 28.7. The molecule has 0 radical (unpaired) electrons. The van der Waals surface area contributed by atoms with Gasteiger partial charge in [0.2, 0.25) is 0 Å². The first-order chi connectivity index (χ1) is 21.2. The third kappa shape index (κ3) is 3.30. The number of nitriles is 2. The van der Waals surface area contributed by atoms with Gasteiger partial charge >= 0.3 is 0 Å². The van der Waals surface area contributed by atoms with Crippen LogP contribution < -0.4 is 0 Å². The summed E-state index contributed by atoms with van der Waals surface area (Å²) in [5.74, 6) is 0. The third-order valence-electron chi connectivity index (χ3n) is 8.58. The molecule has 198 valence electrons. The molecule has 0 bridgehead atoms. The van der Waals surface area contributed by atoms with Crippen LogP contribution in [0.4, 0.5) is 0 Å². The Labute approximate surface area is 250 Å². The van der Waals surface area contributed by atoms with Crippen molar-refractivity contribution in [3.63, 3.8) is 0 Å². The van der Waals surface area contributed by atoms with Crippen LogP contribution in [0.5, 0.6) is 0 Å². The molecular weight excluding hydrogens is 547 g/mol. The first-order valence-electron chi connectivity index (χ1n) is 14.1. The van der Waals surface area contributed by atoms with Gasteiger partial charge in [0.25, 0.3) is 0 Å². The quantitative estimate of drug-likeness (QED) is 0.209. The normalized spacial score (nSPS) is 12.6. The predicted molar refractivity (Wildman–Crippen MR) is 173 cm³/mol. The molecule has 0 amide bonds. The summed E-state index contributed by atoms with van der Waals surface area (Å²) in [6.45, 7) is 0. The lowest BCUT2D eigenvalue weighted by Crippen LogP contribution is -2.05. The molecule has 4 nitrogen and oxygen atoms in total. The summed E-state index contributed by atoms with van der Waals surface area (Å²) in [4.78, 5) is 0. The highest BCUT2D eigenvalue weighted by Crippen LogP contribution is 2.45. The Kier molecular flexibility index (Phi) is 4.91. The van der Waals surface area contributed by atoms with Gasteiger partial charge in [0.05, 0.1) is 39.2 Å². The number of fused-ring (bicyclic) bond motifs is 10. The summed E-state index contributed by atoms with van der Waals surface area (Å²) in [6.07, 6.45) is 6.37. The molecule has 0 fully saturated rings. The molecule has 1 aliphatic carbocycles. The maximum absolute atomic E-state index is 10.4. The largest absolute Gasteiger partial charge is 0.447 e. The Hall–Kier alpha value is -5.80. The zero-order valence-corrected chi connectivity index (χ0v) is 23.5. The van der Waals surface area contributed by atoms with Crippen LogP contribution in [0.1, 0.15) is 28.8 Å². The van der Waals surface area contributed by atoms with Crippen molar-refractivity contribution in [1.29, 1.82) is 10.5 Å². The topological polar surface area (TPSA) is 65.7 Å². The average molecular weight is 566 g/mol. The van der Waals surface area contributed by atoms with Gasteiger partial charge in [0.15, 0.2) is 5.58 Å². The van der Waals surface area contributed by atoms with Crippen LogP contribution in [-0.4, -0.2) is 4.57 Å². The number of hydrogen-bond donors (Lipinski definition) is 0. The van der Waals surface area contributed by atoms with E-state index in [-0.39, 0.29) is 0 Å². The molecule has 43 heavy (non-hydrogen) atoms. The molecule has 8 aromatic rings. The maximum atomic E-state index is 10.4. The van der Waals surface area contributed by atoms with Crippen LogP contribution >= 0.6 is 11.3 Å². The Morgan fingerprint density at radius 1 is 0.814 bits per heavy atom. The molecule has 0 aliphatic heterocycles. The fourth-order valence-corrected chi connectivity index (χ4v) is 7.95. The fraction of sp³-hybridized carbons (Fsp3) is 0.0526. The van der Waals surface area contributed by atoms with E-state index >= 15 is 0 Å². The molecule has 0 unspecified atom stereocenters. The lowest BCUT2D eigenvalue weighted by molar-refractivity contribution is 0.669. The monoisotopic (exact) mass is 565 g/mol. The summed E-state index contributed by atoms with van der Waals surface area (Å²) in [6, 6.07) is 37.7. The van der Waals surface area contributed by atoms with Crippen LogP contribution in [0.3, 0.4) is 0 Å². The van der Waals surface area contributed by atoms with Crippen LogP contribution in [0, 0.1) is 34.8 Å². The number of hydrogen-bond acceptors (Lipinski definition) is 4. The minimum Gasteiger partial charge on any atom is -0.447 e. The lowest BCUT2D eigenvalue weighted by Gasteiger charge is -2.18. The number of nitrogens with zero attached hydrogens (tertiary/aromatic N) is 3. The zero-order valence-electron chi connectivity index (χ0n) is 22.7. The number of rotatable bonds is 2. The third-order valence-corrected chi connectivity index (χ3v) is 9.77. The van der Waals surface area contributed by atoms with Crippen LogP contribution in [0.2, 0.25) is 0 Å². The van der Waals surface area contributed by atoms with Crippen molar-refractivity contribution in [3.8, 4) is 29.0 Å². The second-order valence-corrected chi connectivity index (χ2v) is 11.9. The highest BCUT2D eigenvalue weighted by atomic mass is 32.1. The van der Waals surface area contributed by atoms with Gasteiger partial charge in [-0.05, 0) is 61.4 Å². The van der Waals surface area contributed by atoms with Gasteiger partial charge in [-0.1, -0.05) is 54.6 Å². The summed E-state index contributed by atoms with van der Waals surface area (Å²) in [7, 11) is 0. The first kappa shape index (κ1) is 23.9. The molecule has 3 heterocycles. The van der Waals surface area contributed by atoms with Crippen molar-refractivity contribution >= 4 is 70.4 Å². The summed E-state index contributed by atoms with van der Waals surface area (Å²) in [5.41, 5.74) is 8.56. The molecule has 0 spiro atoms. The molecule has 0 atom stereocenters. The van der Waals surface area contributed by atoms with Crippen molar-refractivity contribution in [2.24, 2.45) is 0 Å². The highest BCUT2D eigenvalue weighted by molar-refractivity contribution is 7.26. The van der Waals surface area contributed by atoms with Crippen molar-refractivity contribution in [3.05, 3.63) is 119 Å². The Bertz CT molecular complexity index is 2600. The summed E-state index contributed by atoms with van der Waals surface area (Å²) >= 11 is 1.82. The van der Waals surface area contributed by atoms with Gasteiger partial charge in [-0.2, -0.15) is 10.5 Å². The van der Waals surface area contributed by atoms with E-state index in [1.165, 1.54) is 42.3 Å². The number of aromatic nitrogens is 1.